The standard InChI is InChI=1S/C12H19N3O2/c1-3-4-6-17-12-11(14)8-10(9-13)15(12)5-7-16-2/h8H,3-7,14H2,1-2H3. The van der Waals surface area contributed by atoms with Crippen molar-refractivity contribution in [3.63, 3.8) is 0 Å². The number of nitrogens with zero attached hydrogens (tertiary/aromatic N) is 2. The molecule has 2 N–H and O–H groups in total. The number of nitriles is 1. The van der Waals surface area contributed by atoms with Crippen LogP contribution >= 0.6 is 0 Å². The first kappa shape index (κ1) is 13.4. The number of ether oxygens (including phenoxy) is 2. The third-order valence-corrected chi connectivity index (χ3v) is 2.45. The quantitative estimate of drug-likeness (QED) is 0.733. The normalized spacial score (nSPS) is 10.2. The first-order chi connectivity index (χ1) is 8.24. The smallest absolute Gasteiger partial charge is 0.218 e. The minimum Gasteiger partial charge on any atom is -0.477 e. The molecule has 0 bridgehead atoms. The summed E-state index contributed by atoms with van der Waals surface area (Å²) in [6.07, 6.45) is 2.03. The van der Waals surface area contributed by atoms with Crippen LogP contribution in [0, 0.1) is 11.3 Å². The van der Waals surface area contributed by atoms with Gasteiger partial charge in [-0.15, -0.1) is 0 Å². The molecule has 0 radical (unpaired) electrons. The number of anilines is 1. The Bertz CT molecular complexity index is 393. The lowest BCUT2D eigenvalue weighted by molar-refractivity contribution is 0.180. The van der Waals surface area contributed by atoms with E-state index in [2.05, 4.69) is 13.0 Å². The molecule has 0 amide bonds. The van der Waals surface area contributed by atoms with E-state index in [1.807, 2.05) is 0 Å². The molecule has 0 fully saturated rings. The van der Waals surface area contributed by atoms with Crippen LogP contribution in [-0.4, -0.2) is 24.9 Å². The highest BCUT2D eigenvalue weighted by atomic mass is 16.5. The molecule has 1 aromatic rings. The highest BCUT2D eigenvalue weighted by molar-refractivity contribution is 5.55. The number of rotatable bonds is 7. The zero-order valence-corrected chi connectivity index (χ0v) is 10.4. The lowest BCUT2D eigenvalue weighted by Gasteiger charge is -2.11. The second-order valence-electron chi connectivity index (χ2n) is 3.75. The van der Waals surface area contributed by atoms with Gasteiger partial charge in [0.05, 0.1) is 25.4 Å². The molecule has 1 aromatic heterocycles. The number of aromatic nitrogens is 1. The van der Waals surface area contributed by atoms with E-state index in [1.165, 1.54) is 0 Å². The molecule has 1 rings (SSSR count). The predicted molar refractivity (Wildman–Crippen MR) is 65.8 cm³/mol. The fraction of sp³-hybridized carbons (Fsp3) is 0.583. The SMILES string of the molecule is CCCCOc1c(N)cc(C#N)n1CCOC. The van der Waals surface area contributed by atoms with E-state index in [1.54, 1.807) is 17.7 Å². The number of unbranched alkanes of at least 4 members (excludes halogenated alkanes) is 1. The molecule has 0 unspecified atom stereocenters. The van der Waals surface area contributed by atoms with Crippen molar-refractivity contribution in [2.45, 2.75) is 26.3 Å². The Morgan fingerprint density at radius 1 is 1.47 bits per heavy atom. The zero-order valence-electron chi connectivity index (χ0n) is 10.4. The van der Waals surface area contributed by atoms with E-state index in [0.717, 1.165) is 12.8 Å². The third-order valence-electron chi connectivity index (χ3n) is 2.45. The minimum atomic E-state index is 0.506. The van der Waals surface area contributed by atoms with E-state index in [4.69, 9.17) is 20.5 Å². The Morgan fingerprint density at radius 3 is 2.82 bits per heavy atom. The van der Waals surface area contributed by atoms with E-state index in [9.17, 15) is 0 Å². The first-order valence-electron chi connectivity index (χ1n) is 5.75. The Kier molecular flexibility index (Phi) is 5.37. The van der Waals surface area contributed by atoms with Crippen LogP contribution in [0.5, 0.6) is 5.88 Å². The molecule has 0 atom stereocenters. The van der Waals surface area contributed by atoms with Crippen LogP contribution in [-0.2, 0) is 11.3 Å². The van der Waals surface area contributed by atoms with Crippen LogP contribution in [0.1, 0.15) is 25.5 Å². The second kappa shape index (κ2) is 6.81. The summed E-state index contributed by atoms with van der Waals surface area (Å²) in [6, 6.07) is 3.74. The van der Waals surface area contributed by atoms with Gasteiger partial charge in [0.25, 0.3) is 0 Å². The fourth-order valence-corrected chi connectivity index (χ4v) is 1.52. The van der Waals surface area contributed by atoms with E-state index >= 15 is 0 Å². The average molecular weight is 237 g/mol. The number of nitrogen functional groups attached to an aromatic ring is 1. The van der Waals surface area contributed by atoms with Crippen molar-refractivity contribution in [2.24, 2.45) is 0 Å². The predicted octanol–water partition coefficient (Wildman–Crippen LogP) is 1.77. The molecule has 0 saturated carbocycles. The van der Waals surface area contributed by atoms with E-state index < -0.39 is 0 Å². The maximum Gasteiger partial charge on any atom is 0.218 e. The van der Waals surface area contributed by atoms with Gasteiger partial charge >= 0.3 is 0 Å². The molecule has 5 heteroatoms. The van der Waals surface area contributed by atoms with Crippen LogP contribution in [0.15, 0.2) is 6.07 Å². The molecule has 1 heterocycles. The van der Waals surface area contributed by atoms with Crippen LogP contribution < -0.4 is 10.5 Å². The summed E-state index contributed by atoms with van der Waals surface area (Å²) in [7, 11) is 1.62. The highest BCUT2D eigenvalue weighted by Gasteiger charge is 2.13. The van der Waals surface area contributed by atoms with Crippen molar-refractivity contribution in [1.29, 1.82) is 5.26 Å². The van der Waals surface area contributed by atoms with Crippen LogP contribution in [0.2, 0.25) is 0 Å². The maximum absolute atomic E-state index is 9.00. The van der Waals surface area contributed by atoms with Crippen LogP contribution in [0.3, 0.4) is 0 Å². The molecule has 0 aliphatic rings. The van der Waals surface area contributed by atoms with Gasteiger partial charge in [-0.25, -0.2) is 0 Å². The van der Waals surface area contributed by atoms with E-state index in [-0.39, 0.29) is 0 Å². The highest BCUT2D eigenvalue weighted by Crippen LogP contribution is 2.26. The van der Waals surface area contributed by atoms with Gasteiger partial charge in [-0.3, -0.25) is 4.57 Å². The molecule has 0 spiro atoms. The van der Waals surface area contributed by atoms with Gasteiger partial charge < -0.3 is 15.2 Å². The Balaban J connectivity index is 2.84. The molecule has 5 nitrogen and oxygen atoms in total. The van der Waals surface area contributed by atoms with Gasteiger partial charge in [0.15, 0.2) is 0 Å². The van der Waals surface area contributed by atoms with Gasteiger partial charge in [0.1, 0.15) is 11.8 Å². The Labute approximate surface area is 102 Å². The van der Waals surface area contributed by atoms with Gasteiger partial charge in [-0.1, -0.05) is 13.3 Å². The lowest BCUT2D eigenvalue weighted by atomic mass is 10.4. The fourth-order valence-electron chi connectivity index (χ4n) is 1.52. The maximum atomic E-state index is 9.00. The van der Waals surface area contributed by atoms with Gasteiger partial charge in [-0.2, -0.15) is 5.26 Å². The minimum absolute atomic E-state index is 0.506. The van der Waals surface area contributed by atoms with Crippen molar-refractivity contribution >= 4 is 5.69 Å². The zero-order chi connectivity index (χ0) is 12.7. The lowest BCUT2D eigenvalue weighted by Crippen LogP contribution is -2.10. The van der Waals surface area contributed by atoms with Gasteiger partial charge in [0.2, 0.25) is 5.88 Å². The summed E-state index contributed by atoms with van der Waals surface area (Å²) >= 11 is 0. The van der Waals surface area contributed by atoms with Crippen LogP contribution in [0.4, 0.5) is 5.69 Å². The molecule has 17 heavy (non-hydrogen) atoms. The molecule has 0 aliphatic carbocycles. The summed E-state index contributed by atoms with van der Waals surface area (Å²) < 4.78 is 12.4. The van der Waals surface area contributed by atoms with Crippen molar-refractivity contribution in [1.82, 2.24) is 4.57 Å². The summed E-state index contributed by atoms with van der Waals surface area (Å²) in [5, 5.41) is 9.00. The summed E-state index contributed by atoms with van der Waals surface area (Å²) in [5.74, 6) is 0.576. The molecule has 0 saturated heterocycles. The number of nitrogens with two attached hydrogens (primary N) is 1. The summed E-state index contributed by atoms with van der Waals surface area (Å²) in [6.45, 7) is 3.80. The Hall–Kier alpha value is -1.67. The summed E-state index contributed by atoms with van der Waals surface area (Å²) in [4.78, 5) is 0. The third kappa shape index (κ3) is 3.40. The number of hydrogen-bond donors (Lipinski definition) is 1. The monoisotopic (exact) mass is 237 g/mol. The average Bonchev–Trinajstić information content (AvgIpc) is 2.63. The molecule has 94 valence electrons. The molecule has 0 aromatic carbocycles. The molecular weight excluding hydrogens is 218 g/mol. The number of methoxy groups -OCH3 is 1. The van der Waals surface area contributed by atoms with Crippen LogP contribution in [0.25, 0.3) is 0 Å². The number of hydrogen-bond acceptors (Lipinski definition) is 4. The van der Waals surface area contributed by atoms with Crippen molar-refractivity contribution in [3.8, 4) is 11.9 Å². The van der Waals surface area contributed by atoms with Crippen molar-refractivity contribution in [3.05, 3.63) is 11.8 Å². The topological polar surface area (TPSA) is 73.2 Å². The van der Waals surface area contributed by atoms with Crippen molar-refractivity contribution < 1.29 is 9.47 Å². The van der Waals surface area contributed by atoms with Gasteiger partial charge in [-0.05, 0) is 6.42 Å². The van der Waals surface area contributed by atoms with Gasteiger partial charge in [0, 0.05) is 13.2 Å². The first-order valence-corrected chi connectivity index (χ1v) is 5.75. The Morgan fingerprint density at radius 2 is 2.24 bits per heavy atom. The van der Waals surface area contributed by atoms with Crippen molar-refractivity contribution in [2.75, 3.05) is 26.1 Å². The molecule has 0 aliphatic heterocycles. The van der Waals surface area contributed by atoms with E-state index in [0.29, 0.717) is 37.0 Å². The summed E-state index contributed by atoms with van der Waals surface area (Å²) in [5.41, 5.74) is 6.85. The largest absolute Gasteiger partial charge is 0.477 e. The molecular formula is C12H19N3O2. The second-order valence-corrected chi connectivity index (χ2v) is 3.75.